The minimum Gasteiger partial charge on any atom is -0.295 e. The van der Waals surface area contributed by atoms with E-state index in [1.54, 1.807) is 0 Å². The molecule has 2 rings (SSSR count). The Kier molecular flexibility index (Phi) is 9.77. The molecule has 0 saturated heterocycles. The summed E-state index contributed by atoms with van der Waals surface area (Å²) in [5.74, 6) is 0.780. The van der Waals surface area contributed by atoms with E-state index in [1.165, 1.54) is 38.5 Å². The van der Waals surface area contributed by atoms with Crippen LogP contribution < -0.4 is 0 Å². The second kappa shape index (κ2) is 11.4. The number of hydrogen-bond donors (Lipinski definition) is 0. The smallest absolute Gasteiger partial charge is 0.158 e. The summed E-state index contributed by atoms with van der Waals surface area (Å²) in [6.45, 7) is 4.37. The first kappa shape index (κ1) is 18.9. The maximum absolute atomic E-state index is 11.1. The molecule has 0 unspecified atom stereocenters. The molecule has 124 valence electrons. The van der Waals surface area contributed by atoms with Crippen LogP contribution in [0.1, 0.15) is 90.9 Å². The normalized spacial score (nSPS) is 17.2. The molecule has 2 aliphatic carbocycles. The van der Waals surface area contributed by atoms with Crippen molar-refractivity contribution < 1.29 is 9.59 Å². The summed E-state index contributed by atoms with van der Waals surface area (Å²) >= 11 is 0. The van der Waals surface area contributed by atoms with Crippen molar-refractivity contribution in [3.63, 3.8) is 0 Å². The van der Waals surface area contributed by atoms with Crippen LogP contribution in [0.5, 0.6) is 0 Å². The number of rotatable bonds is 8. The fraction of sp³-hybridized carbons (Fsp3) is 0.700. The average molecular weight is 304 g/mol. The van der Waals surface area contributed by atoms with E-state index in [2.05, 4.69) is 26.0 Å². The molecule has 2 nitrogen and oxygen atoms in total. The van der Waals surface area contributed by atoms with Crippen LogP contribution in [-0.4, -0.2) is 11.6 Å². The van der Waals surface area contributed by atoms with E-state index in [0.717, 1.165) is 49.7 Å². The molecule has 0 aromatic heterocycles. The van der Waals surface area contributed by atoms with Crippen LogP contribution in [0.4, 0.5) is 0 Å². The van der Waals surface area contributed by atoms with Gasteiger partial charge in [-0.1, -0.05) is 51.7 Å². The lowest BCUT2D eigenvalue weighted by Crippen LogP contribution is -1.94. The molecule has 0 fully saturated rings. The van der Waals surface area contributed by atoms with E-state index >= 15 is 0 Å². The number of carbonyl (C=O) groups excluding carboxylic acids is 2. The molecule has 22 heavy (non-hydrogen) atoms. The zero-order valence-corrected chi connectivity index (χ0v) is 14.5. The second-order valence-corrected chi connectivity index (χ2v) is 6.30. The highest BCUT2D eigenvalue weighted by molar-refractivity contribution is 5.97. The van der Waals surface area contributed by atoms with Gasteiger partial charge >= 0.3 is 0 Å². The number of hydrogen-bond acceptors (Lipinski definition) is 2. The van der Waals surface area contributed by atoms with Crippen molar-refractivity contribution in [3.8, 4) is 0 Å². The maximum atomic E-state index is 11.1. The van der Waals surface area contributed by atoms with Gasteiger partial charge in [0.25, 0.3) is 0 Å². The van der Waals surface area contributed by atoms with Crippen molar-refractivity contribution >= 4 is 11.6 Å². The summed E-state index contributed by atoms with van der Waals surface area (Å²) in [7, 11) is 0. The van der Waals surface area contributed by atoms with E-state index < -0.39 is 0 Å². The lowest BCUT2D eigenvalue weighted by Gasteiger charge is -1.98. The maximum Gasteiger partial charge on any atom is 0.158 e. The van der Waals surface area contributed by atoms with Crippen molar-refractivity contribution in [1.82, 2.24) is 0 Å². The predicted molar refractivity (Wildman–Crippen MR) is 92.9 cm³/mol. The summed E-state index contributed by atoms with van der Waals surface area (Å²) in [6.07, 6.45) is 17.1. The van der Waals surface area contributed by atoms with Gasteiger partial charge in [-0.2, -0.15) is 0 Å². The van der Waals surface area contributed by atoms with E-state index in [1.807, 2.05) is 0 Å². The van der Waals surface area contributed by atoms with Crippen LogP contribution in [0.2, 0.25) is 0 Å². The topological polar surface area (TPSA) is 34.1 Å². The first-order valence-electron chi connectivity index (χ1n) is 9.13. The number of allylic oxidation sites excluding steroid dienone is 4. The molecule has 0 spiro atoms. The molecule has 0 atom stereocenters. The fourth-order valence-corrected chi connectivity index (χ4v) is 2.92. The molecule has 0 bridgehead atoms. The second-order valence-electron chi connectivity index (χ2n) is 6.30. The van der Waals surface area contributed by atoms with E-state index in [-0.39, 0.29) is 0 Å². The fourth-order valence-electron chi connectivity index (χ4n) is 2.92. The molecule has 0 aliphatic heterocycles. The van der Waals surface area contributed by atoms with Gasteiger partial charge in [0.1, 0.15) is 0 Å². The SMILES string of the molecule is CCCCCC1=CCCC1=O.CCCCCC1=CCCC1=O. The molecule has 0 saturated carbocycles. The molecule has 2 heteroatoms. The highest BCUT2D eigenvalue weighted by atomic mass is 16.1. The Labute approximate surface area is 136 Å². The van der Waals surface area contributed by atoms with Crippen LogP contribution >= 0.6 is 0 Å². The zero-order valence-electron chi connectivity index (χ0n) is 14.5. The van der Waals surface area contributed by atoms with Gasteiger partial charge in [0.05, 0.1) is 0 Å². The van der Waals surface area contributed by atoms with Crippen molar-refractivity contribution in [2.45, 2.75) is 90.9 Å². The van der Waals surface area contributed by atoms with Gasteiger partial charge in [0.2, 0.25) is 0 Å². The van der Waals surface area contributed by atoms with Crippen molar-refractivity contribution in [2.24, 2.45) is 0 Å². The van der Waals surface area contributed by atoms with Gasteiger partial charge in [-0.25, -0.2) is 0 Å². The largest absolute Gasteiger partial charge is 0.295 e. The summed E-state index contributed by atoms with van der Waals surface area (Å²) in [5.41, 5.74) is 2.19. The minimum atomic E-state index is 0.390. The van der Waals surface area contributed by atoms with E-state index in [9.17, 15) is 9.59 Å². The van der Waals surface area contributed by atoms with Gasteiger partial charge in [0, 0.05) is 12.8 Å². The molecule has 0 heterocycles. The van der Waals surface area contributed by atoms with E-state index in [4.69, 9.17) is 0 Å². The summed E-state index contributed by atoms with van der Waals surface area (Å²) < 4.78 is 0. The lowest BCUT2D eigenvalue weighted by atomic mass is 10.1. The van der Waals surface area contributed by atoms with Crippen LogP contribution in [0.3, 0.4) is 0 Å². The highest BCUT2D eigenvalue weighted by Gasteiger charge is 2.14. The summed E-state index contributed by atoms with van der Waals surface area (Å²) in [6, 6.07) is 0. The molecule has 0 amide bonds. The van der Waals surface area contributed by atoms with E-state index in [0.29, 0.717) is 11.6 Å². The Bertz CT molecular complexity index is 375. The lowest BCUT2D eigenvalue weighted by molar-refractivity contribution is -0.115. The first-order valence-corrected chi connectivity index (χ1v) is 9.13. The van der Waals surface area contributed by atoms with Gasteiger partial charge in [-0.05, 0) is 49.7 Å². The molecule has 0 radical (unpaired) electrons. The van der Waals surface area contributed by atoms with Crippen molar-refractivity contribution in [2.75, 3.05) is 0 Å². The van der Waals surface area contributed by atoms with Crippen molar-refractivity contribution in [3.05, 3.63) is 23.3 Å². The molecular weight excluding hydrogens is 272 g/mol. The van der Waals surface area contributed by atoms with Crippen molar-refractivity contribution in [1.29, 1.82) is 0 Å². The average Bonchev–Trinajstić information content (AvgIpc) is 3.10. The number of carbonyl (C=O) groups is 2. The minimum absolute atomic E-state index is 0.390. The van der Waals surface area contributed by atoms with Gasteiger partial charge in [0.15, 0.2) is 11.6 Å². The third-order valence-corrected chi connectivity index (χ3v) is 4.34. The molecule has 0 aromatic carbocycles. The van der Waals surface area contributed by atoms with Crippen LogP contribution in [-0.2, 0) is 9.59 Å². The Morgan fingerprint density at radius 2 is 1.14 bits per heavy atom. The van der Waals surface area contributed by atoms with Crippen LogP contribution in [0.15, 0.2) is 23.3 Å². The Balaban J connectivity index is 0.000000220. The molecule has 0 aromatic rings. The third kappa shape index (κ3) is 7.20. The summed E-state index contributed by atoms with van der Waals surface area (Å²) in [4.78, 5) is 22.2. The quantitative estimate of drug-likeness (QED) is 0.538. The standard InChI is InChI=1S/2C10H16O/c2*1-2-3-4-6-9-7-5-8-10(9)11/h2*7H,2-6,8H2,1H3. The van der Waals surface area contributed by atoms with Crippen LogP contribution in [0.25, 0.3) is 0 Å². The first-order chi connectivity index (χ1) is 10.7. The Morgan fingerprint density at radius 3 is 1.41 bits per heavy atom. The monoisotopic (exact) mass is 304 g/mol. The molecule has 2 aliphatic rings. The predicted octanol–water partition coefficient (Wildman–Crippen LogP) is 5.71. The summed E-state index contributed by atoms with van der Waals surface area (Å²) in [5, 5.41) is 0. The molecular formula is C20H32O2. The van der Waals surface area contributed by atoms with Gasteiger partial charge in [-0.15, -0.1) is 0 Å². The van der Waals surface area contributed by atoms with Gasteiger partial charge in [-0.3, -0.25) is 9.59 Å². The number of unbranched alkanes of at least 4 members (excludes halogenated alkanes) is 4. The number of Topliss-reactive ketones (excluding diaryl/α,β-unsaturated/α-hetero) is 2. The Hall–Kier alpha value is -1.18. The van der Waals surface area contributed by atoms with Crippen LogP contribution in [0, 0.1) is 0 Å². The third-order valence-electron chi connectivity index (χ3n) is 4.34. The molecule has 0 N–H and O–H groups in total. The zero-order chi connectivity index (χ0) is 16.2. The highest BCUT2D eigenvalue weighted by Crippen LogP contribution is 2.20. The Morgan fingerprint density at radius 1 is 0.727 bits per heavy atom. The van der Waals surface area contributed by atoms with Gasteiger partial charge < -0.3 is 0 Å². The number of ketones is 2.